The number of benzene rings is 1. The van der Waals surface area contributed by atoms with Crippen molar-refractivity contribution in [2.24, 2.45) is 5.92 Å². The fourth-order valence-electron chi connectivity index (χ4n) is 5.33. The highest BCUT2D eigenvalue weighted by Crippen LogP contribution is 2.36. The second-order valence-electron chi connectivity index (χ2n) is 9.23. The number of likely N-dealkylation sites (tertiary alicyclic amines) is 1. The molecule has 1 N–H and O–H groups in total. The Bertz CT molecular complexity index is 1430. The second-order valence-corrected chi connectivity index (χ2v) is 9.23. The molecule has 2 aliphatic rings. The predicted molar refractivity (Wildman–Crippen MR) is 131 cm³/mol. The van der Waals surface area contributed by atoms with Gasteiger partial charge in [0.05, 0.1) is 11.1 Å². The Hall–Kier alpha value is -4.00. The van der Waals surface area contributed by atoms with Gasteiger partial charge in [-0.15, -0.1) is 0 Å². The number of piperidine rings is 1. The van der Waals surface area contributed by atoms with Crippen molar-refractivity contribution in [2.45, 2.75) is 25.4 Å². The van der Waals surface area contributed by atoms with Gasteiger partial charge >= 0.3 is 0 Å². The van der Waals surface area contributed by atoms with Gasteiger partial charge in [0.25, 0.3) is 11.5 Å². The SMILES string of the molecule is O=C(c1cccnc1)N1C[C@H]2C[C@H](C1)c1ccc(NCc3cnc4ccccc4c3)c(=O)n1C2. The molecule has 0 aliphatic carbocycles. The summed E-state index contributed by atoms with van der Waals surface area (Å²) >= 11 is 0. The van der Waals surface area contributed by atoms with E-state index in [-0.39, 0.29) is 23.3 Å². The van der Waals surface area contributed by atoms with E-state index in [1.54, 1.807) is 24.5 Å². The molecule has 1 amide bonds. The zero-order valence-electron chi connectivity index (χ0n) is 18.7. The third kappa shape index (κ3) is 3.73. The van der Waals surface area contributed by atoms with Crippen LogP contribution in [0.2, 0.25) is 0 Å². The number of carbonyl (C=O) groups is 1. The summed E-state index contributed by atoms with van der Waals surface area (Å²) in [6.07, 6.45) is 6.15. The van der Waals surface area contributed by atoms with Crippen LogP contribution in [0.4, 0.5) is 5.69 Å². The lowest BCUT2D eigenvalue weighted by atomic mass is 9.83. The normalized spacial score (nSPS) is 19.0. The summed E-state index contributed by atoms with van der Waals surface area (Å²) in [6.45, 7) is 2.46. The van der Waals surface area contributed by atoms with Crippen LogP contribution < -0.4 is 10.9 Å². The van der Waals surface area contributed by atoms with E-state index in [1.807, 2.05) is 52.1 Å². The van der Waals surface area contributed by atoms with Gasteiger partial charge in [-0.1, -0.05) is 18.2 Å². The van der Waals surface area contributed by atoms with Crippen LogP contribution in [-0.2, 0) is 13.1 Å². The molecule has 170 valence electrons. The van der Waals surface area contributed by atoms with Crippen molar-refractivity contribution in [3.63, 3.8) is 0 Å². The minimum Gasteiger partial charge on any atom is -0.376 e. The van der Waals surface area contributed by atoms with Crippen molar-refractivity contribution in [2.75, 3.05) is 18.4 Å². The first-order valence-corrected chi connectivity index (χ1v) is 11.7. The number of hydrogen-bond donors (Lipinski definition) is 1. The highest BCUT2D eigenvalue weighted by atomic mass is 16.2. The Balaban J connectivity index is 1.21. The Kier molecular flexibility index (Phi) is 5.09. The van der Waals surface area contributed by atoms with Crippen molar-refractivity contribution in [1.82, 2.24) is 19.4 Å². The molecule has 1 aromatic carbocycles. The number of anilines is 1. The third-order valence-corrected chi connectivity index (χ3v) is 6.93. The highest BCUT2D eigenvalue weighted by Gasteiger charge is 2.36. The van der Waals surface area contributed by atoms with E-state index >= 15 is 0 Å². The molecule has 2 bridgehead atoms. The van der Waals surface area contributed by atoms with Gasteiger partial charge in [0.2, 0.25) is 0 Å². The molecule has 2 aliphatic heterocycles. The van der Waals surface area contributed by atoms with Crippen molar-refractivity contribution in [3.05, 3.63) is 100 Å². The summed E-state index contributed by atoms with van der Waals surface area (Å²) in [5.74, 6) is 0.449. The summed E-state index contributed by atoms with van der Waals surface area (Å²) in [6, 6.07) is 17.6. The molecule has 2 atom stereocenters. The molecule has 34 heavy (non-hydrogen) atoms. The molecular formula is C27H25N5O2. The number of carbonyl (C=O) groups excluding carboxylic acids is 1. The van der Waals surface area contributed by atoms with E-state index in [1.165, 1.54) is 0 Å². The van der Waals surface area contributed by atoms with Gasteiger partial charge in [-0.3, -0.25) is 19.6 Å². The lowest BCUT2D eigenvalue weighted by Crippen LogP contribution is -2.49. The number of para-hydroxylation sites is 1. The van der Waals surface area contributed by atoms with Crippen LogP contribution in [0.3, 0.4) is 0 Å². The van der Waals surface area contributed by atoms with Gasteiger partial charge < -0.3 is 14.8 Å². The topological polar surface area (TPSA) is 80.1 Å². The molecule has 3 aromatic heterocycles. The molecule has 6 rings (SSSR count). The van der Waals surface area contributed by atoms with E-state index in [4.69, 9.17) is 0 Å². The largest absolute Gasteiger partial charge is 0.376 e. The standard InChI is InChI=1S/C27H25N5O2/c33-26(21-5-3-9-28-14-21)31-15-19-11-22(17-31)25-8-7-24(27(34)32(25)16-19)30-13-18-10-20-4-1-2-6-23(20)29-12-18/h1-10,12,14,19,22,30H,11,13,15-17H2/t19-,22-/m1/s1. The summed E-state index contributed by atoms with van der Waals surface area (Å²) in [5, 5.41) is 4.40. The molecule has 4 aromatic rings. The molecular weight excluding hydrogens is 426 g/mol. The molecule has 0 radical (unpaired) electrons. The number of aromatic nitrogens is 3. The second kappa shape index (κ2) is 8.41. The van der Waals surface area contributed by atoms with Crippen molar-refractivity contribution in [3.8, 4) is 0 Å². The van der Waals surface area contributed by atoms with Crippen LogP contribution >= 0.6 is 0 Å². The van der Waals surface area contributed by atoms with Gasteiger partial charge in [0.1, 0.15) is 5.69 Å². The van der Waals surface area contributed by atoms with Crippen LogP contribution in [-0.4, -0.2) is 38.4 Å². The Morgan fingerprint density at radius 2 is 1.94 bits per heavy atom. The number of amides is 1. The minimum absolute atomic E-state index is 0.00739. The Labute approximate surface area is 197 Å². The maximum atomic E-state index is 13.3. The molecule has 0 unspecified atom stereocenters. The van der Waals surface area contributed by atoms with E-state index in [2.05, 4.69) is 21.4 Å². The van der Waals surface area contributed by atoms with Crippen LogP contribution in [0.15, 0.2) is 78.0 Å². The van der Waals surface area contributed by atoms with E-state index in [9.17, 15) is 9.59 Å². The smallest absolute Gasteiger partial charge is 0.274 e. The summed E-state index contributed by atoms with van der Waals surface area (Å²) in [5.41, 5.74) is 4.23. The first-order chi connectivity index (χ1) is 16.7. The number of fused-ring (bicyclic) bond motifs is 5. The number of nitrogens with zero attached hydrogens (tertiary/aromatic N) is 4. The molecule has 1 fully saturated rings. The molecule has 0 spiro atoms. The molecule has 7 nitrogen and oxygen atoms in total. The predicted octanol–water partition coefficient (Wildman–Crippen LogP) is 3.66. The van der Waals surface area contributed by atoms with Crippen molar-refractivity contribution in [1.29, 1.82) is 0 Å². The van der Waals surface area contributed by atoms with Gasteiger partial charge in [-0.25, -0.2) is 0 Å². The lowest BCUT2D eigenvalue weighted by molar-refractivity contribution is 0.0594. The van der Waals surface area contributed by atoms with Crippen LogP contribution in [0, 0.1) is 5.92 Å². The maximum Gasteiger partial charge on any atom is 0.274 e. The fraction of sp³-hybridized carbons (Fsp3) is 0.259. The third-order valence-electron chi connectivity index (χ3n) is 6.93. The summed E-state index contributed by atoms with van der Waals surface area (Å²) in [4.78, 5) is 36.8. The van der Waals surface area contributed by atoms with E-state index < -0.39 is 0 Å². The summed E-state index contributed by atoms with van der Waals surface area (Å²) in [7, 11) is 0. The summed E-state index contributed by atoms with van der Waals surface area (Å²) < 4.78 is 1.91. The zero-order valence-corrected chi connectivity index (χ0v) is 18.7. The first-order valence-electron chi connectivity index (χ1n) is 11.7. The zero-order chi connectivity index (χ0) is 23.1. The molecule has 0 saturated carbocycles. The number of nitrogens with one attached hydrogen (secondary N) is 1. The highest BCUT2D eigenvalue weighted by molar-refractivity contribution is 5.94. The lowest BCUT2D eigenvalue weighted by Gasteiger charge is -2.42. The van der Waals surface area contributed by atoms with Gasteiger partial charge in [-0.2, -0.15) is 0 Å². The van der Waals surface area contributed by atoms with E-state index in [0.29, 0.717) is 37.4 Å². The number of rotatable bonds is 4. The molecule has 5 heterocycles. The average Bonchev–Trinajstić information content (AvgIpc) is 2.88. The van der Waals surface area contributed by atoms with Crippen LogP contribution in [0.5, 0.6) is 0 Å². The van der Waals surface area contributed by atoms with Crippen molar-refractivity contribution >= 4 is 22.5 Å². The maximum absolute atomic E-state index is 13.3. The Morgan fingerprint density at radius 1 is 1.03 bits per heavy atom. The fourth-order valence-corrected chi connectivity index (χ4v) is 5.33. The molecule has 1 saturated heterocycles. The number of pyridine rings is 3. The van der Waals surface area contributed by atoms with Crippen LogP contribution in [0.1, 0.15) is 34.0 Å². The van der Waals surface area contributed by atoms with Crippen molar-refractivity contribution < 1.29 is 4.79 Å². The monoisotopic (exact) mass is 451 g/mol. The number of hydrogen-bond acceptors (Lipinski definition) is 5. The first kappa shape index (κ1) is 20.6. The quantitative estimate of drug-likeness (QED) is 0.512. The van der Waals surface area contributed by atoms with E-state index in [0.717, 1.165) is 28.6 Å². The van der Waals surface area contributed by atoms with Crippen LogP contribution in [0.25, 0.3) is 10.9 Å². The van der Waals surface area contributed by atoms with Gasteiger partial charge in [-0.05, 0) is 54.3 Å². The minimum atomic E-state index is 0.00739. The van der Waals surface area contributed by atoms with Gasteiger partial charge in [0.15, 0.2) is 0 Å². The average molecular weight is 452 g/mol. The molecule has 7 heteroatoms. The Morgan fingerprint density at radius 3 is 2.82 bits per heavy atom. The van der Waals surface area contributed by atoms with Gasteiger partial charge in [0, 0.05) is 61.8 Å².